The third-order valence-electron chi connectivity index (χ3n) is 4.43. The first-order chi connectivity index (χ1) is 10.1. The van der Waals surface area contributed by atoms with Gasteiger partial charge in [-0.15, -0.1) is 0 Å². The molecule has 0 radical (unpaired) electrons. The van der Waals surface area contributed by atoms with Crippen molar-refractivity contribution in [1.82, 2.24) is 4.90 Å². The van der Waals surface area contributed by atoms with E-state index >= 15 is 0 Å². The van der Waals surface area contributed by atoms with Crippen LogP contribution in [0.1, 0.15) is 49.7 Å². The minimum Gasteiger partial charge on any atom is -0.508 e. The Morgan fingerprint density at radius 3 is 2.67 bits per heavy atom. The van der Waals surface area contributed by atoms with E-state index < -0.39 is 0 Å². The Kier molecular flexibility index (Phi) is 5.62. The van der Waals surface area contributed by atoms with Crippen LogP contribution in [0.25, 0.3) is 0 Å². The quantitative estimate of drug-likeness (QED) is 0.845. The van der Waals surface area contributed by atoms with Crippen molar-refractivity contribution in [3.05, 3.63) is 29.3 Å². The Morgan fingerprint density at radius 2 is 2.10 bits per heavy atom. The van der Waals surface area contributed by atoms with Crippen LogP contribution in [0.3, 0.4) is 0 Å². The summed E-state index contributed by atoms with van der Waals surface area (Å²) < 4.78 is 0. The SMILES string of the molecule is CCc1ccc(C2CCN(CCCC(N)=O)CC2)c(O)c1. The summed E-state index contributed by atoms with van der Waals surface area (Å²) in [4.78, 5) is 13.1. The maximum absolute atomic E-state index is 10.7. The number of hydrogen-bond donors (Lipinski definition) is 2. The molecular formula is C17H26N2O2. The summed E-state index contributed by atoms with van der Waals surface area (Å²) in [5, 5.41) is 10.2. The van der Waals surface area contributed by atoms with E-state index in [-0.39, 0.29) is 5.91 Å². The molecule has 0 saturated carbocycles. The number of nitrogens with zero attached hydrogens (tertiary/aromatic N) is 1. The summed E-state index contributed by atoms with van der Waals surface area (Å²) in [7, 11) is 0. The first-order valence-electron chi connectivity index (χ1n) is 7.92. The van der Waals surface area contributed by atoms with Gasteiger partial charge in [0, 0.05) is 6.42 Å². The number of nitrogens with two attached hydrogens (primary N) is 1. The zero-order valence-corrected chi connectivity index (χ0v) is 12.8. The smallest absolute Gasteiger partial charge is 0.217 e. The highest BCUT2D eigenvalue weighted by Gasteiger charge is 2.22. The summed E-state index contributed by atoms with van der Waals surface area (Å²) >= 11 is 0. The van der Waals surface area contributed by atoms with Gasteiger partial charge in [-0.3, -0.25) is 4.79 Å². The summed E-state index contributed by atoms with van der Waals surface area (Å²) in [6, 6.07) is 6.10. The normalized spacial score (nSPS) is 17.0. The van der Waals surface area contributed by atoms with Gasteiger partial charge < -0.3 is 15.7 Å². The number of rotatable bonds is 6. The number of amides is 1. The number of phenols is 1. The highest BCUT2D eigenvalue weighted by molar-refractivity contribution is 5.73. The molecule has 0 bridgehead atoms. The highest BCUT2D eigenvalue weighted by atomic mass is 16.3. The average Bonchev–Trinajstić information content (AvgIpc) is 2.47. The third kappa shape index (κ3) is 4.46. The zero-order valence-electron chi connectivity index (χ0n) is 12.8. The maximum Gasteiger partial charge on any atom is 0.217 e. The maximum atomic E-state index is 10.7. The van der Waals surface area contributed by atoms with Crippen molar-refractivity contribution in [1.29, 1.82) is 0 Å². The van der Waals surface area contributed by atoms with Crippen LogP contribution in [0.2, 0.25) is 0 Å². The van der Waals surface area contributed by atoms with Crippen molar-refractivity contribution >= 4 is 5.91 Å². The largest absolute Gasteiger partial charge is 0.508 e. The summed E-state index contributed by atoms with van der Waals surface area (Å²) in [6.45, 7) is 5.09. The molecule has 0 aromatic heterocycles. The second-order valence-corrected chi connectivity index (χ2v) is 5.93. The summed E-state index contributed by atoms with van der Waals surface area (Å²) in [5.41, 5.74) is 7.43. The second-order valence-electron chi connectivity index (χ2n) is 5.93. The number of hydrogen-bond acceptors (Lipinski definition) is 3. The highest BCUT2D eigenvalue weighted by Crippen LogP contribution is 2.34. The van der Waals surface area contributed by atoms with E-state index in [1.165, 1.54) is 5.56 Å². The lowest BCUT2D eigenvalue weighted by molar-refractivity contribution is -0.118. The van der Waals surface area contributed by atoms with E-state index in [2.05, 4.69) is 24.0 Å². The molecule has 1 aromatic carbocycles. The topological polar surface area (TPSA) is 66.6 Å². The molecule has 4 heteroatoms. The molecule has 1 aliphatic rings. The molecule has 1 fully saturated rings. The van der Waals surface area contributed by atoms with Crippen molar-refractivity contribution in [2.24, 2.45) is 5.73 Å². The number of carbonyl (C=O) groups excluding carboxylic acids is 1. The van der Waals surface area contributed by atoms with Crippen molar-refractivity contribution in [2.75, 3.05) is 19.6 Å². The summed E-state index contributed by atoms with van der Waals surface area (Å²) in [5.74, 6) is 0.677. The number of primary amides is 1. The number of benzene rings is 1. The van der Waals surface area contributed by atoms with Crippen LogP contribution in [-0.2, 0) is 11.2 Å². The predicted octanol–water partition coefficient (Wildman–Crippen LogP) is 2.40. The van der Waals surface area contributed by atoms with Gasteiger partial charge in [-0.25, -0.2) is 0 Å². The Balaban J connectivity index is 1.85. The van der Waals surface area contributed by atoms with E-state index in [0.717, 1.165) is 50.9 Å². The molecule has 0 unspecified atom stereocenters. The molecule has 1 aliphatic heterocycles. The number of aromatic hydroxyl groups is 1. The van der Waals surface area contributed by atoms with Crippen molar-refractivity contribution in [3.8, 4) is 5.75 Å². The molecule has 2 rings (SSSR count). The fourth-order valence-electron chi connectivity index (χ4n) is 3.10. The molecule has 1 aromatic rings. The van der Waals surface area contributed by atoms with Crippen molar-refractivity contribution < 1.29 is 9.90 Å². The number of likely N-dealkylation sites (tertiary alicyclic amines) is 1. The Hall–Kier alpha value is -1.55. The number of carbonyl (C=O) groups is 1. The van der Waals surface area contributed by atoms with Gasteiger partial charge in [-0.05, 0) is 68.4 Å². The minimum absolute atomic E-state index is 0.217. The molecule has 0 atom stereocenters. The molecule has 1 amide bonds. The van der Waals surface area contributed by atoms with Crippen LogP contribution in [0, 0.1) is 0 Å². The summed E-state index contributed by atoms with van der Waals surface area (Å²) in [6.07, 6.45) is 4.40. The van der Waals surface area contributed by atoms with Gasteiger partial charge in [0.25, 0.3) is 0 Å². The fourth-order valence-corrected chi connectivity index (χ4v) is 3.10. The standard InChI is InChI=1S/C17H26N2O2/c1-2-13-5-6-15(16(20)12-13)14-7-10-19(11-8-14)9-3-4-17(18)21/h5-6,12,14,20H,2-4,7-11H2,1H3,(H2,18,21). The molecule has 1 heterocycles. The molecule has 21 heavy (non-hydrogen) atoms. The van der Waals surface area contributed by atoms with E-state index in [1.807, 2.05) is 6.07 Å². The predicted molar refractivity (Wildman–Crippen MR) is 84.3 cm³/mol. The molecule has 116 valence electrons. The Labute approximate surface area is 126 Å². The first kappa shape index (κ1) is 15.8. The van der Waals surface area contributed by atoms with E-state index in [1.54, 1.807) is 0 Å². The molecule has 0 spiro atoms. The second kappa shape index (κ2) is 7.46. The van der Waals surface area contributed by atoms with Gasteiger partial charge in [0.2, 0.25) is 5.91 Å². The lowest BCUT2D eigenvalue weighted by Crippen LogP contribution is -2.34. The lowest BCUT2D eigenvalue weighted by atomic mass is 9.88. The van der Waals surface area contributed by atoms with E-state index in [0.29, 0.717) is 18.1 Å². The van der Waals surface area contributed by atoms with Gasteiger partial charge in [0.15, 0.2) is 0 Å². The van der Waals surface area contributed by atoms with E-state index in [9.17, 15) is 9.90 Å². The average molecular weight is 290 g/mol. The number of phenolic OH excluding ortho intramolecular Hbond substituents is 1. The van der Waals surface area contributed by atoms with Gasteiger partial charge in [-0.1, -0.05) is 19.1 Å². The Bertz CT molecular complexity index is 480. The van der Waals surface area contributed by atoms with Gasteiger partial charge >= 0.3 is 0 Å². The van der Waals surface area contributed by atoms with Crippen LogP contribution >= 0.6 is 0 Å². The van der Waals surface area contributed by atoms with Crippen molar-refractivity contribution in [2.45, 2.75) is 44.9 Å². The lowest BCUT2D eigenvalue weighted by Gasteiger charge is -2.32. The minimum atomic E-state index is -0.217. The van der Waals surface area contributed by atoms with Crippen molar-refractivity contribution in [3.63, 3.8) is 0 Å². The number of aryl methyl sites for hydroxylation is 1. The first-order valence-corrected chi connectivity index (χ1v) is 7.92. The third-order valence-corrected chi connectivity index (χ3v) is 4.43. The molecule has 0 aliphatic carbocycles. The van der Waals surface area contributed by atoms with Gasteiger partial charge in [-0.2, -0.15) is 0 Å². The fraction of sp³-hybridized carbons (Fsp3) is 0.588. The molecule has 3 N–H and O–H groups in total. The van der Waals surface area contributed by atoms with Crippen LogP contribution in [0.5, 0.6) is 5.75 Å². The number of piperidine rings is 1. The Morgan fingerprint density at radius 1 is 1.38 bits per heavy atom. The van der Waals surface area contributed by atoms with Crippen LogP contribution in [0.15, 0.2) is 18.2 Å². The van der Waals surface area contributed by atoms with Crippen LogP contribution < -0.4 is 5.73 Å². The molecular weight excluding hydrogens is 264 g/mol. The molecule has 4 nitrogen and oxygen atoms in total. The zero-order chi connectivity index (χ0) is 15.2. The van der Waals surface area contributed by atoms with Crippen LogP contribution in [-0.4, -0.2) is 35.5 Å². The molecule has 1 saturated heterocycles. The van der Waals surface area contributed by atoms with Gasteiger partial charge in [0.05, 0.1) is 0 Å². The monoisotopic (exact) mass is 290 g/mol. The van der Waals surface area contributed by atoms with Gasteiger partial charge in [0.1, 0.15) is 5.75 Å². The van der Waals surface area contributed by atoms with Crippen LogP contribution in [0.4, 0.5) is 0 Å². The van der Waals surface area contributed by atoms with E-state index in [4.69, 9.17) is 5.73 Å².